The molecule has 0 aliphatic carbocycles. The summed E-state index contributed by atoms with van der Waals surface area (Å²) in [5.41, 5.74) is 1.52. The van der Waals surface area contributed by atoms with Crippen molar-refractivity contribution in [3.63, 3.8) is 0 Å². The first-order chi connectivity index (χ1) is 9.53. The lowest BCUT2D eigenvalue weighted by molar-refractivity contribution is -0.155. The first-order valence-corrected chi connectivity index (χ1v) is 7.18. The first kappa shape index (κ1) is 14.6. The van der Waals surface area contributed by atoms with Crippen molar-refractivity contribution in [1.82, 2.24) is 10.2 Å². The molecule has 1 N–H and O–H groups in total. The summed E-state index contributed by atoms with van der Waals surface area (Å²) in [6, 6.07) is 8.08. The van der Waals surface area contributed by atoms with Gasteiger partial charge in [0.2, 0.25) is 11.8 Å². The molecule has 1 heterocycles. The number of piperazine rings is 1. The topological polar surface area (TPSA) is 49.4 Å². The Balaban J connectivity index is 2.34. The van der Waals surface area contributed by atoms with Gasteiger partial charge in [0.05, 0.1) is 6.54 Å². The van der Waals surface area contributed by atoms with Crippen LogP contribution in [0.3, 0.4) is 0 Å². The summed E-state index contributed by atoms with van der Waals surface area (Å²) in [5, 5.41) is 2.72. The van der Waals surface area contributed by atoms with Crippen LogP contribution in [0.4, 0.5) is 0 Å². The molecule has 108 valence electrons. The van der Waals surface area contributed by atoms with Gasteiger partial charge >= 0.3 is 0 Å². The van der Waals surface area contributed by atoms with Gasteiger partial charge in [-0.15, -0.1) is 0 Å². The average Bonchev–Trinajstić information content (AvgIpc) is 2.44. The minimum atomic E-state index is -0.709. The Kier molecular flexibility index (Phi) is 4.12. The van der Waals surface area contributed by atoms with Crippen LogP contribution in [-0.4, -0.2) is 28.8 Å². The third-order valence-corrected chi connectivity index (χ3v) is 4.23. The third-order valence-electron chi connectivity index (χ3n) is 4.23. The van der Waals surface area contributed by atoms with E-state index in [2.05, 4.69) is 11.4 Å². The van der Waals surface area contributed by atoms with Crippen molar-refractivity contribution in [2.75, 3.05) is 6.54 Å². The Labute approximate surface area is 120 Å². The number of carbonyl (C=O) groups excluding carboxylic acids is 2. The highest BCUT2D eigenvalue weighted by atomic mass is 16.2. The van der Waals surface area contributed by atoms with Crippen LogP contribution >= 0.6 is 0 Å². The normalized spacial score (nSPS) is 18.1. The van der Waals surface area contributed by atoms with Gasteiger partial charge in [-0.1, -0.05) is 43.7 Å². The van der Waals surface area contributed by atoms with Crippen LogP contribution in [0, 0.1) is 6.92 Å². The molecule has 4 nitrogen and oxygen atoms in total. The molecular weight excluding hydrogens is 252 g/mol. The maximum absolute atomic E-state index is 12.3. The van der Waals surface area contributed by atoms with Crippen molar-refractivity contribution in [2.24, 2.45) is 0 Å². The van der Waals surface area contributed by atoms with Gasteiger partial charge in [0.25, 0.3) is 0 Å². The smallest absolute Gasteiger partial charge is 0.246 e. The molecule has 2 amide bonds. The Hall–Kier alpha value is -1.84. The number of carbonyl (C=O) groups is 2. The number of benzene rings is 1. The molecule has 1 aromatic carbocycles. The number of nitrogens with zero attached hydrogens (tertiary/aromatic N) is 1. The standard InChI is InChI=1S/C16H22N2O2/c1-4-16(5-2)15(20)17-10-14(19)18(16)11-13-8-6-7-12(3)9-13/h6-9H,4-5,10-11H2,1-3H3,(H,17,20). The van der Waals surface area contributed by atoms with Gasteiger partial charge in [-0.05, 0) is 25.3 Å². The molecule has 0 spiro atoms. The molecule has 1 aliphatic heterocycles. The van der Waals surface area contributed by atoms with Crippen molar-refractivity contribution >= 4 is 11.8 Å². The van der Waals surface area contributed by atoms with E-state index in [1.165, 1.54) is 0 Å². The van der Waals surface area contributed by atoms with E-state index in [4.69, 9.17) is 0 Å². The molecule has 1 fully saturated rings. The van der Waals surface area contributed by atoms with E-state index in [0.29, 0.717) is 19.4 Å². The number of aryl methyl sites for hydroxylation is 1. The summed E-state index contributed by atoms with van der Waals surface area (Å²) in [5.74, 6) is -0.0374. The SMILES string of the molecule is CCC1(CC)C(=O)NCC(=O)N1Cc1cccc(C)c1. The number of hydrogen-bond acceptors (Lipinski definition) is 2. The van der Waals surface area contributed by atoms with Crippen molar-refractivity contribution in [3.8, 4) is 0 Å². The van der Waals surface area contributed by atoms with Gasteiger partial charge < -0.3 is 10.2 Å². The molecule has 1 aliphatic rings. The van der Waals surface area contributed by atoms with Crippen molar-refractivity contribution in [1.29, 1.82) is 0 Å². The van der Waals surface area contributed by atoms with Crippen molar-refractivity contribution in [2.45, 2.75) is 45.7 Å². The molecule has 1 saturated heterocycles. The molecule has 0 unspecified atom stereocenters. The van der Waals surface area contributed by atoms with E-state index in [-0.39, 0.29) is 18.4 Å². The van der Waals surface area contributed by atoms with Crippen LogP contribution in [-0.2, 0) is 16.1 Å². The second kappa shape index (κ2) is 5.65. The van der Waals surface area contributed by atoms with Crippen LogP contribution in [0.25, 0.3) is 0 Å². The molecule has 1 aromatic rings. The second-order valence-corrected chi connectivity index (χ2v) is 5.39. The predicted molar refractivity (Wildman–Crippen MR) is 78.1 cm³/mol. The minimum Gasteiger partial charge on any atom is -0.345 e. The van der Waals surface area contributed by atoms with Crippen LogP contribution in [0.2, 0.25) is 0 Å². The van der Waals surface area contributed by atoms with E-state index in [0.717, 1.165) is 11.1 Å². The fourth-order valence-electron chi connectivity index (χ4n) is 2.96. The van der Waals surface area contributed by atoms with Gasteiger partial charge in [-0.25, -0.2) is 0 Å². The minimum absolute atomic E-state index is 0.00481. The summed E-state index contributed by atoms with van der Waals surface area (Å²) in [4.78, 5) is 26.3. The Morgan fingerprint density at radius 3 is 2.55 bits per heavy atom. The van der Waals surface area contributed by atoms with Gasteiger partial charge in [0.1, 0.15) is 5.54 Å². The molecule has 0 atom stereocenters. The van der Waals surface area contributed by atoms with E-state index in [9.17, 15) is 9.59 Å². The molecule has 0 saturated carbocycles. The zero-order valence-corrected chi connectivity index (χ0v) is 12.4. The number of rotatable bonds is 4. The molecule has 0 aromatic heterocycles. The molecule has 0 bridgehead atoms. The molecule has 4 heteroatoms. The van der Waals surface area contributed by atoms with Gasteiger partial charge in [0.15, 0.2) is 0 Å². The zero-order chi connectivity index (χ0) is 14.8. The fraction of sp³-hybridized carbons (Fsp3) is 0.500. The highest BCUT2D eigenvalue weighted by Gasteiger charge is 2.46. The Morgan fingerprint density at radius 1 is 1.25 bits per heavy atom. The molecule has 0 radical (unpaired) electrons. The average molecular weight is 274 g/mol. The maximum Gasteiger partial charge on any atom is 0.246 e. The monoisotopic (exact) mass is 274 g/mol. The largest absolute Gasteiger partial charge is 0.345 e. The fourth-order valence-corrected chi connectivity index (χ4v) is 2.96. The zero-order valence-electron chi connectivity index (χ0n) is 12.4. The Bertz CT molecular complexity index is 521. The lowest BCUT2D eigenvalue weighted by atomic mass is 9.87. The van der Waals surface area contributed by atoms with Gasteiger partial charge in [-0.3, -0.25) is 9.59 Å². The van der Waals surface area contributed by atoms with Crippen LogP contribution in [0.15, 0.2) is 24.3 Å². The van der Waals surface area contributed by atoms with Crippen molar-refractivity contribution in [3.05, 3.63) is 35.4 Å². The van der Waals surface area contributed by atoms with Crippen LogP contribution in [0.5, 0.6) is 0 Å². The molecule has 20 heavy (non-hydrogen) atoms. The number of hydrogen-bond donors (Lipinski definition) is 1. The van der Waals surface area contributed by atoms with Gasteiger partial charge in [-0.2, -0.15) is 0 Å². The summed E-state index contributed by atoms with van der Waals surface area (Å²) in [6.45, 7) is 6.55. The van der Waals surface area contributed by atoms with Crippen LogP contribution < -0.4 is 5.32 Å². The van der Waals surface area contributed by atoms with E-state index >= 15 is 0 Å². The quantitative estimate of drug-likeness (QED) is 0.913. The lowest BCUT2D eigenvalue weighted by Crippen LogP contribution is -2.66. The summed E-state index contributed by atoms with van der Waals surface area (Å²) < 4.78 is 0. The predicted octanol–water partition coefficient (Wildman–Crippen LogP) is 2.01. The highest BCUT2D eigenvalue weighted by molar-refractivity contribution is 5.97. The van der Waals surface area contributed by atoms with Crippen LogP contribution in [0.1, 0.15) is 37.8 Å². The summed E-state index contributed by atoms with van der Waals surface area (Å²) in [7, 11) is 0. The number of nitrogens with one attached hydrogen (secondary N) is 1. The first-order valence-electron chi connectivity index (χ1n) is 7.18. The van der Waals surface area contributed by atoms with Gasteiger partial charge in [0, 0.05) is 6.54 Å². The molecule has 2 rings (SSSR count). The summed E-state index contributed by atoms with van der Waals surface area (Å²) >= 11 is 0. The van der Waals surface area contributed by atoms with Crippen molar-refractivity contribution < 1.29 is 9.59 Å². The van der Waals surface area contributed by atoms with E-state index in [1.54, 1.807) is 4.90 Å². The second-order valence-electron chi connectivity index (χ2n) is 5.39. The lowest BCUT2D eigenvalue weighted by Gasteiger charge is -2.45. The molecular formula is C16H22N2O2. The summed E-state index contributed by atoms with van der Waals surface area (Å²) in [6.07, 6.45) is 1.26. The Morgan fingerprint density at radius 2 is 1.95 bits per heavy atom. The highest BCUT2D eigenvalue weighted by Crippen LogP contribution is 2.29. The van der Waals surface area contributed by atoms with E-state index in [1.807, 2.05) is 39.0 Å². The third kappa shape index (κ3) is 2.42. The maximum atomic E-state index is 12.3. The number of amides is 2. The van der Waals surface area contributed by atoms with E-state index < -0.39 is 5.54 Å².